The van der Waals surface area contributed by atoms with Gasteiger partial charge in [-0.2, -0.15) is 0 Å². The van der Waals surface area contributed by atoms with Crippen LogP contribution in [0.3, 0.4) is 0 Å². The number of rotatable bonds is 4. The Bertz CT molecular complexity index is 916. The maximum Gasteiger partial charge on any atom is 0.331 e. The Labute approximate surface area is 144 Å². The molecule has 0 spiro atoms. The van der Waals surface area contributed by atoms with Crippen LogP contribution in [0.25, 0.3) is 0 Å². The van der Waals surface area contributed by atoms with Gasteiger partial charge in [-0.15, -0.1) is 0 Å². The molecule has 134 valence electrons. The van der Waals surface area contributed by atoms with Crippen LogP contribution < -0.4 is 26.0 Å². The molecule has 0 saturated heterocycles. The average molecular weight is 347 g/mol. The molecular formula is C17H21N3O5. The summed E-state index contributed by atoms with van der Waals surface area (Å²) in [6.07, 6.45) is 0.748. The van der Waals surface area contributed by atoms with Crippen LogP contribution >= 0.6 is 0 Å². The predicted octanol–water partition coefficient (Wildman–Crippen LogP) is 0.514. The molecule has 3 rings (SSSR count). The monoisotopic (exact) mass is 347 g/mol. The lowest BCUT2D eigenvalue weighted by atomic mass is 9.90. The van der Waals surface area contributed by atoms with E-state index < -0.39 is 17.3 Å². The summed E-state index contributed by atoms with van der Waals surface area (Å²) in [6, 6.07) is 3.12. The van der Waals surface area contributed by atoms with Crippen LogP contribution in [0.4, 0.5) is 0 Å². The van der Waals surface area contributed by atoms with Gasteiger partial charge in [0.1, 0.15) is 0 Å². The summed E-state index contributed by atoms with van der Waals surface area (Å²) in [7, 11) is 3.10. The number of ether oxygens (including phenoxy) is 2. The van der Waals surface area contributed by atoms with Crippen molar-refractivity contribution in [1.82, 2.24) is 14.9 Å². The number of hydrogen-bond acceptors (Lipinski definition) is 6. The minimum Gasteiger partial charge on any atom is -0.494 e. The third-order valence-electron chi connectivity index (χ3n) is 4.51. The highest BCUT2D eigenvalue weighted by molar-refractivity contribution is 5.52. The Morgan fingerprint density at radius 1 is 1.24 bits per heavy atom. The van der Waals surface area contributed by atoms with E-state index in [-0.39, 0.29) is 18.0 Å². The van der Waals surface area contributed by atoms with Crippen LogP contribution in [0.5, 0.6) is 17.4 Å². The van der Waals surface area contributed by atoms with Crippen LogP contribution in [-0.4, -0.2) is 35.4 Å². The minimum absolute atomic E-state index is 0.120. The van der Waals surface area contributed by atoms with Crippen molar-refractivity contribution in [3.05, 3.63) is 49.7 Å². The molecule has 1 aliphatic rings. The number of aromatic amines is 1. The molecule has 1 aromatic carbocycles. The van der Waals surface area contributed by atoms with E-state index in [1.807, 2.05) is 6.07 Å². The molecule has 0 bridgehead atoms. The largest absolute Gasteiger partial charge is 0.494 e. The van der Waals surface area contributed by atoms with Gasteiger partial charge in [0.2, 0.25) is 5.88 Å². The Morgan fingerprint density at radius 2 is 1.92 bits per heavy atom. The molecule has 1 aliphatic heterocycles. The molecule has 2 aromatic rings. The molecule has 25 heavy (non-hydrogen) atoms. The lowest BCUT2D eigenvalue weighted by Crippen LogP contribution is -2.38. The molecule has 8 nitrogen and oxygen atoms in total. The number of nitrogens with zero attached hydrogens (tertiary/aromatic N) is 1. The SMILES string of the molecule is CCn1c(O)c([C@@H]2NCCc3cc(OC)c(OC)cc32)c(=O)[nH]c1=O. The van der Waals surface area contributed by atoms with Crippen LogP contribution in [-0.2, 0) is 13.0 Å². The molecule has 2 heterocycles. The summed E-state index contributed by atoms with van der Waals surface area (Å²) in [6.45, 7) is 2.59. The highest BCUT2D eigenvalue weighted by Gasteiger charge is 2.29. The van der Waals surface area contributed by atoms with E-state index in [2.05, 4.69) is 10.3 Å². The quantitative estimate of drug-likeness (QED) is 0.744. The van der Waals surface area contributed by atoms with Crippen molar-refractivity contribution in [2.45, 2.75) is 25.9 Å². The number of methoxy groups -OCH3 is 2. The van der Waals surface area contributed by atoms with E-state index in [0.29, 0.717) is 18.0 Å². The first-order chi connectivity index (χ1) is 12.0. The van der Waals surface area contributed by atoms with Gasteiger partial charge in [-0.3, -0.25) is 14.3 Å². The number of aromatic hydroxyl groups is 1. The van der Waals surface area contributed by atoms with Crippen LogP contribution in [0, 0.1) is 0 Å². The minimum atomic E-state index is -0.628. The number of hydrogen-bond donors (Lipinski definition) is 3. The molecule has 1 aromatic heterocycles. The van der Waals surface area contributed by atoms with Gasteiger partial charge in [-0.25, -0.2) is 4.79 Å². The molecule has 0 saturated carbocycles. The molecule has 8 heteroatoms. The molecule has 0 fully saturated rings. The molecule has 0 amide bonds. The normalized spacial score (nSPS) is 16.4. The molecule has 0 radical (unpaired) electrons. The van der Waals surface area contributed by atoms with Gasteiger partial charge in [0.25, 0.3) is 5.56 Å². The predicted molar refractivity (Wildman–Crippen MR) is 91.8 cm³/mol. The lowest BCUT2D eigenvalue weighted by molar-refractivity contribution is 0.352. The van der Waals surface area contributed by atoms with E-state index in [1.54, 1.807) is 20.1 Å². The maximum atomic E-state index is 12.4. The van der Waals surface area contributed by atoms with Crippen LogP contribution in [0.1, 0.15) is 29.7 Å². The van der Waals surface area contributed by atoms with Crippen LogP contribution in [0.15, 0.2) is 21.7 Å². The number of benzene rings is 1. The third kappa shape index (κ3) is 2.78. The second-order valence-corrected chi connectivity index (χ2v) is 5.78. The third-order valence-corrected chi connectivity index (χ3v) is 4.51. The summed E-state index contributed by atoms with van der Waals surface area (Å²) in [4.78, 5) is 26.5. The molecular weight excluding hydrogens is 326 g/mol. The van der Waals surface area contributed by atoms with Gasteiger partial charge < -0.3 is 19.9 Å². The Balaban J connectivity index is 2.23. The smallest absolute Gasteiger partial charge is 0.331 e. The van der Waals surface area contributed by atoms with E-state index in [1.165, 1.54) is 7.11 Å². The van der Waals surface area contributed by atoms with Gasteiger partial charge in [0, 0.05) is 13.1 Å². The van der Waals surface area contributed by atoms with Crippen molar-refractivity contribution in [2.75, 3.05) is 20.8 Å². The van der Waals surface area contributed by atoms with Crippen molar-refractivity contribution in [3.63, 3.8) is 0 Å². The molecule has 0 unspecified atom stereocenters. The zero-order chi connectivity index (χ0) is 18.1. The van der Waals surface area contributed by atoms with Gasteiger partial charge in [-0.1, -0.05) is 0 Å². The summed E-state index contributed by atoms with van der Waals surface area (Å²) in [5, 5.41) is 13.7. The van der Waals surface area contributed by atoms with Gasteiger partial charge >= 0.3 is 5.69 Å². The number of fused-ring (bicyclic) bond motifs is 1. The fourth-order valence-corrected chi connectivity index (χ4v) is 3.27. The molecule has 3 N–H and O–H groups in total. The first-order valence-corrected chi connectivity index (χ1v) is 8.05. The van der Waals surface area contributed by atoms with Crippen molar-refractivity contribution in [3.8, 4) is 17.4 Å². The maximum absolute atomic E-state index is 12.4. The number of H-pyrrole nitrogens is 1. The number of nitrogens with one attached hydrogen (secondary N) is 2. The summed E-state index contributed by atoms with van der Waals surface area (Å²) in [5.41, 5.74) is 0.694. The second-order valence-electron chi connectivity index (χ2n) is 5.78. The molecule has 1 atom stereocenters. The van der Waals surface area contributed by atoms with Crippen LogP contribution in [0.2, 0.25) is 0 Å². The van der Waals surface area contributed by atoms with E-state index >= 15 is 0 Å². The average Bonchev–Trinajstić information content (AvgIpc) is 2.60. The highest BCUT2D eigenvalue weighted by Crippen LogP contribution is 2.38. The summed E-state index contributed by atoms with van der Waals surface area (Å²) in [5.74, 6) is 0.824. The summed E-state index contributed by atoms with van der Waals surface area (Å²) < 4.78 is 11.8. The van der Waals surface area contributed by atoms with Crippen molar-refractivity contribution in [1.29, 1.82) is 0 Å². The van der Waals surface area contributed by atoms with E-state index in [0.717, 1.165) is 22.1 Å². The van der Waals surface area contributed by atoms with E-state index in [4.69, 9.17) is 9.47 Å². The van der Waals surface area contributed by atoms with Crippen molar-refractivity contribution >= 4 is 0 Å². The Kier molecular flexibility index (Phi) is 4.54. The van der Waals surface area contributed by atoms with Gasteiger partial charge in [-0.05, 0) is 36.6 Å². The van der Waals surface area contributed by atoms with Gasteiger partial charge in [0.05, 0.1) is 25.8 Å². The Morgan fingerprint density at radius 3 is 2.56 bits per heavy atom. The van der Waals surface area contributed by atoms with Crippen molar-refractivity contribution in [2.24, 2.45) is 0 Å². The fourth-order valence-electron chi connectivity index (χ4n) is 3.27. The summed E-state index contributed by atoms with van der Waals surface area (Å²) >= 11 is 0. The number of aromatic nitrogens is 2. The van der Waals surface area contributed by atoms with E-state index in [9.17, 15) is 14.7 Å². The van der Waals surface area contributed by atoms with Crippen molar-refractivity contribution < 1.29 is 14.6 Å². The first kappa shape index (κ1) is 17.1. The second kappa shape index (κ2) is 6.64. The lowest BCUT2D eigenvalue weighted by Gasteiger charge is -2.28. The van der Waals surface area contributed by atoms with Gasteiger partial charge in [0.15, 0.2) is 11.5 Å². The Hall–Kier alpha value is -2.74. The highest BCUT2D eigenvalue weighted by atomic mass is 16.5. The standard InChI is InChI=1S/C17H21N3O5/c1-4-20-16(22)13(15(21)19-17(20)23)14-10-8-12(25-3)11(24-2)7-9(10)5-6-18-14/h7-8,14,18,22H,4-6H2,1-3H3,(H,19,21,23)/t14-/m1/s1. The zero-order valence-electron chi connectivity index (χ0n) is 14.4. The molecule has 0 aliphatic carbocycles. The first-order valence-electron chi connectivity index (χ1n) is 8.05. The topological polar surface area (TPSA) is 106 Å². The zero-order valence-corrected chi connectivity index (χ0v) is 14.4. The fraction of sp³-hybridized carbons (Fsp3) is 0.412.